The van der Waals surface area contributed by atoms with E-state index >= 15 is 0 Å². The zero-order chi connectivity index (χ0) is 18.0. The molecule has 0 aromatic heterocycles. The van der Waals surface area contributed by atoms with Crippen molar-refractivity contribution < 1.29 is 22.7 Å². The van der Waals surface area contributed by atoms with Crippen LogP contribution in [0.3, 0.4) is 0 Å². The summed E-state index contributed by atoms with van der Waals surface area (Å²) in [6, 6.07) is 8.42. The van der Waals surface area contributed by atoms with Gasteiger partial charge in [0.15, 0.2) is 11.5 Å². The average Bonchev–Trinajstić information content (AvgIpc) is 2.61. The minimum absolute atomic E-state index is 0.0408. The first-order valence-electron chi connectivity index (χ1n) is 7.04. The number of sulfonamides is 1. The molecule has 1 amide bonds. The smallest absolute Gasteiger partial charge is 0.267 e. The summed E-state index contributed by atoms with van der Waals surface area (Å²) < 4.78 is 35.3. The number of carbonyl (C=O) groups excluding carboxylic acids is 1. The predicted octanol–water partition coefficient (Wildman–Crippen LogP) is 2.39. The molecule has 2 aromatic rings. The first-order valence-corrected chi connectivity index (χ1v) is 9.27. The summed E-state index contributed by atoms with van der Waals surface area (Å²) in [5.74, 6) is 0.0342. The van der Waals surface area contributed by atoms with E-state index in [0.717, 1.165) is 0 Å². The van der Waals surface area contributed by atoms with Crippen LogP contribution in [-0.4, -0.2) is 27.5 Å². The van der Waals surface area contributed by atoms with E-state index in [-0.39, 0.29) is 15.5 Å². The van der Waals surface area contributed by atoms with Crippen LogP contribution in [0.1, 0.15) is 10.4 Å². The first-order chi connectivity index (χ1) is 11.9. The molecule has 2 aromatic carbocycles. The number of hydrogen-bond acceptors (Lipinski definition) is 5. The van der Waals surface area contributed by atoms with Crippen molar-refractivity contribution in [3.8, 4) is 11.5 Å². The Morgan fingerprint density at radius 3 is 2.48 bits per heavy atom. The third-order valence-electron chi connectivity index (χ3n) is 3.30. The molecular formula is C15H12Cl2N2O5S. The molecule has 132 valence electrons. The molecule has 0 atom stereocenters. The Hall–Kier alpha value is -2.00. The molecule has 2 N–H and O–H groups in total. The van der Waals surface area contributed by atoms with Crippen LogP contribution in [0.2, 0.25) is 10.0 Å². The molecule has 0 saturated heterocycles. The Kier molecular flexibility index (Phi) is 5.05. The third-order valence-corrected chi connectivity index (χ3v) is 5.11. The van der Waals surface area contributed by atoms with E-state index in [2.05, 4.69) is 5.43 Å². The van der Waals surface area contributed by atoms with E-state index in [1.165, 1.54) is 36.4 Å². The molecule has 1 aliphatic rings. The Balaban J connectivity index is 1.75. The average molecular weight is 403 g/mol. The van der Waals surface area contributed by atoms with E-state index in [1.54, 1.807) is 0 Å². The lowest BCUT2D eigenvalue weighted by molar-refractivity contribution is 0.0945. The van der Waals surface area contributed by atoms with Crippen molar-refractivity contribution in [3.63, 3.8) is 0 Å². The Bertz CT molecular complexity index is 934. The molecule has 1 aliphatic heterocycles. The van der Waals surface area contributed by atoms with Gasteiger partial charge in [-0.25, -0.2) is 8.42 Å². The van der Waals surface area contributed by atoms with Crippen molar-refractivity contribution in [1.82, 2.24) is 10.3 Å². The molecule has 7 nitrogen and oxygen atoms in total. The van der Waals surface area contributed by atoms with Crippen LogP contribution in [0.5, 0.6) is 11.5 Å². The monoisotopic (exact) mass is 402 g/mol. The van der Waals surface area contributed by atoms with Crippen LogP contribution < -0.4 is 19.7 Å². The zero-order valence-corrected chi connectivity index (χ0v) is 14.9. The lowest BCUT2D eigenvalue weighted by Gasteiger charge is -2.19. The van der Waals surface area contributed by atoms with Gasteiger partial charge in [-0.05, 0) is 30.3 Å². The van der Waals surface area contributed by atoms with Crippen molar-refractivity contribution in [3.05, 3.63) is 52.0 Å². The van der Waals surface area contributed by atoms with Gasteiger partial charge < -0.3 is 9.47 Å². The van der Waals surface area contributed by atoms with Crippen LogP contribution in [0.25, 0.3) is 0 Å². The molecule has 0 radical (unpaired) electrons. The maximum Gasteiger partial charge on any atom is 0.267 e. The van der Waals surface area contributed by atoms with Crippen LogP contribution in [0, 0.1) is 0 Å². The molecular weight excluding hydrogens is 391 g/mol. The van der Waals surface area contributed by atoms with Crippen LogP contribution in [0.15, 0.2) is 41.3 Å². The normalized spacial score (nSPS) is 13.4. The SMILES string of the molecule is O=C(NNS(=O)(=O)c1ccc2c(c1)OCCO2)c1cc(Cl)ccc1Cl. The van der Waals surface area contributed by atoms with Crippen LogP contribution in [0.4, 0.5) is 0 Å². The Morgan fingerprint density at radius 1 is 1.00 bits per heavy atom. The summed E-state index contributed by atoms with van der Waals surface area (Å²) in [6.45, 7) is 0.724. The minimum atomic E-state index is -4.01. The van der Waals surface area contributed by atoms with Crippen molar-refractivity contribution in [2.24, 2.45) is 0 Å². The van der Waals surface area contributed by atoms with Gasteiger partial charge in [-0.2, -0.15) is 0 Å². The van der Waals surface area contributed by atoms with Crippen molar-refractivity contribution in [2.75, 3.05) is 13.2 Å². The van der Waals surface area contributed by atoms with E-state index in [4.69, 9.17) is 32.7 Å². The number of carbonyl (C=O) groups is 1. The molecule has 25 heavy (non-hydrogen) atoms. The summed E-state index contributed by atoms with van der Waals surface area (Å²) >= 11 is 11.7. The van der Waals surface area contributed by atoms with E-state index in [9.17, 15) is 13.2 Å². The van der Waals surface area contributed by atoms with Gasteiger partial charge in [-0.15, -0.1) is 4.83 Å². The second-order valence-electron chi connectivity index (χ2n) is 4.99. The van der Waals surface area contributed by atoms with Crippen molar-refractivity contribution in [1.29, 1.82) is 0 Å². The number of fused-ring (bicyclic) bond motifs is 1. The van der Waals surface area contributed by atoms with Gasteiger partial charge >= 0.3 is 0 Å². The maximum absolute atomic E-state index is 12.3. The van der Waals surface area contributed by atoms with Gasteiger partial charge in [0.1, 0.15) is 13.2 Å². The van der Waals surface area contributed by atoms with E-state index < -0.39 is 15.9 Å². The quantitative estimate of drug-likeness (QED) is 0.765. The standard InChI is InChI=1S/C15H12Cl2N2O5S/c16-9-1-3-12(17)11(7-9)15(20)18-19-25(21,22)10-2-4-13-14(8-10)24-6-5-23-13/h1-4,7-8,19H,5-6H2,(H,18,20). The summed E-state index contributed by atoms with van der Waals surface area (Å²) in [4.78, 5) is 14.0. The molecule has 3 rings (SSSR count). The van der Waals surface area contributed by atoms with Crippen molar-refractivity contribution >= 4 is 39.1 Å². The van der Waals surface area contributed by atoms with Gasteiger partial charge in [-0.1, -0.05) is 23.2 Å². The molecule has 1 heterocycles. The number of hydrogen-bond donors (Lipinski definition) is 2. The Morgan fingerprint density at radius 2 is 1.72 bits per heavy atom. The number of benzene rings is 2. The molecule has 0 saturated carbocycles. The number of ether oxygens (including phenoxy) is 2. The number of hydrazine groups is 1. The summed E-state index contributed by atoms with van der Waals surface area (Å²) in [7, 11) is -4.01. The number of amides is 1. The van der Waals surface area contributed by atoms with Gasteiger partial charge in [0.05, 0.1) is 15.5 Å². The highest BCUT2D eigenvalue weighted by atomic mass is 35.5. The lowest BCUT2D eigenvalue weighted by atomic mass is 10.2. The molecule has 0 bridgehead atoms. The van der Waals surface area contributed by atoms with Gasteiger partial charge in [0, 0.05) is 11.1 Å². The highest BCUT2D eigenvalue weighted by molar-refractivity contribution is 7.89. The fraction of sp³-hybridized carbons (Fsp3) is 0.133. The molecule has 0 spiro atoms. The highest BCUT2D eigenvalue weighted by Gasteiger charge is 2.21. The molecule has 0 unspecified atom stereocenters. The number of halogens is 2. The Labute approximate surface area is 153 Å². The van der Waals surface area contributed by atoms with Crippen LogP contribution in [-0.2, 0) is 10.0 Å². The summed E-state index contributed by atoms with van der Waals surface area (Å²) in [6.07, 6.45) is 0. The zero-order valence-electron chi connectivity index (χ0n) is 12.6. The fourth-order valence-corrected chi connectivity index (χ4v) is 3.33. The topological polar surface area (TPSA) is 93.7 Å². The number of nitrogens with one attached hydrogen (secondary N) is 2. The fourth-order valence-electron chi connectivity index (χ4n) is 2.10. The van der Waals surface area contributed by atoms with Crippen molar-refractivity contribution in [2.45, 2.75) is 4.90 Å². The first kappa shape index (κ1) is 17.8. The second-order valence-corrected chi connectivity index (χ2v) is 7.52. The minimum Gasteiger partial charge on any atom is -0.486 e. The van der Waals surface area contributed by atoms with E-state index in [0.29, 0.717) is 29.7 Å². The van der Waals surface area contributed by atoms with Gasteiger partial charge in [0.25, 0.3) is 15.9 Å². The molecule has 0 aliphatic carbocycles. The molecule has 10 heteroatoms. The lowest BCUT2D eigenvalue weighted by Crippen LogP contribution is -2.41. The third kappa shape index (κ3) is 3.98. The summed E-state index contributed by atoms with van der Waals surface area (Å²) in [5.41, 5.74) is 2.13. The second kappa shape index (κ2) is 7.09. The highest BCUT2D eigenvalue weighted by Crippen LogP contribution is 2.32. The number of rotatable bonds is 4. The largest absolute Gasteiger partial charge is 0.486 e. The predicted molar refractivity (Wildman–Crippen MR) is 91.7 cm³/mol. The van der Waals surface area contributed by atoms with E-state index in [1.807, 2.05) is 4.83 Å². The molecule has 0 fully saturated rings. The van der Waals surface area contributed by atoms with Gasteiger partial charge in [-0.3, -0.25) is 10.2 Å². The maximum atomic E-state index is 12.3. The van der Waals surface area contributed by atoms with Crippen LogP contribution >= 0.6 is 23.2 Å². The summed E-state index contributed by atoms with van der Waals surface area (Å²) in [5, 5.41) is 0.435. The van der Waals surface area contributed by atoms with Gasteiger partial charge in [0.2, 0.25) is 0 Å².